The SMILES string of the molecule is Cn1cncc1-c1ccccc1-c1cc(C(=O)O)nc(C2CC2)c1. The van der Waals surface area contributed by atoms with Gasteiger partial charge in [-0.2, -0.15) is 0 Å². The molecule has 0 saturated heterocycles. The maximum absolute atomic E-state index is 11.5. The number of pyridine rings is 1. The molecule has 0 bridgehead atoms. The first-order valence-corrected chi connectivity index (χ1v) is 7.95. The Kier molecular flexibility index (Phi) is 3.41. The van der Waals surface area contributed by atoms with E-state index in [0.717, 1.165) is 40.9 Å². The van der Waals surface area contributed by atoms with Gasteiger partial charge in [-0.05, 0) is 36.1 Å². The minimum Gasteiger partial charge on any atom is -0.477 e. The molecule has 1 aliphatic rings. The normalized spacial score (nSPS) is 13.9. The van der Waals surface area contributed by atoms with Crippen LogP contribution in [0.25, 0.3) is 22.4 Å². The summed E-state index contributed by atoms with van der Waals surface area (Å²) in [6.45, 7) is 0. The number of aromatic carboxylic acids is 1. The van der Waals surface area contributed by atoms with Crippen molar-refractivity contribution >= 4 is 5.97 Å². The number of rotatable bonds is 4. The van der Waals surface area contributed by atoms with Gasteiger partial charge in [0.05, 0.1) is 18.2 Å². The summed E-state index contributed by atoms with van der Waals surface area (Å²) in [6.07, 6.45) is 5.74. The lowest BCUT2D eigenvalue weighted by molar-refractivity contribution is 0.0690. The molecule has 2 aromatic heterocycles. The van der Waals surface area contributed by atoms with Crippen LogP contribution in [-0.2, 0) is 7.05 Å². The van der Waals surface area contributed by atoms with E-state index < -0.39 is 5.97 Å². The highest BCUT2D eigenvalue weighted by molar-refractivity contribution is 5.89. The van der Waals surface area contributed by atoms with Crippen LogP contribution < -0.4 is 0 Å². The van der Waals surface area contributed by atoms with Gasteiger partial charge in [0.25, 0.3) is 0 Å². The first kappa shape index (κ1) is 14.6. The molecule has 4 rings (SSSR count). The molecule has 24 heavy (non-hydrogen) atoms. The molecule has 0 aliphatic heterocycles. The third-order valence-corrected chi connectivity index (χ3v) is 4.39. The van der Waals surface area contributed by atoms with Gasteiger partial charge in [0.1, 0.15) is 5.69 Å². The van der Waals surface area contributed by atoms with E-state index >= 15 is 0 Å². The molecule has 1 fully saturated rings. The number of aryl methyl sites for hydroxylation is 1. The third-order valence-electron chi connectivity index (χ3n) is 4.39. The monoisotopic (exact) mass is 319 g/mol. The zero-order valence-electron chi connectivity index (χ0n) is 13.3. The standard InChI is InChI=1S/C19H17N3O2/c1-22-11-20-10-18(22)15-5-3-2-4-14(15)13-8-16(12-6-7-12)21-17(9-13)19(23)24/h2-5,8-12H,6-7H2,1H3,(H,23,24). The van der Waals surface area contributed by atoms with E-state index in [1.165, 1.54) is 0 Å². The Morgan fingerprint density at radius 2 is 1.96 bits per heavy atom. The number of carbonyl (C=O) groups is 1. The molecule has 0 unspecified atom stereocenters. The summed E-state index contributed by atoms with van der Waals surface area (Å²) in [6, 6.07) is 11.7. The number of hydrogen-bond acceptors (Lipinski definition) is 3. The number of imidazole rings is 1. The fourth-order valence-corrected chi connectivity index (χ4v) is 2.98. The zero-order chi connectivity index (χ0) is 16.7. The molecule has 0 amide bonds. The summed E-state index contributed by atoms with van der Waals surface area (Å²) >= 11 is 0. The van der Waals surface area contributed by atoms with Crippen molar-refractivity contribution in [3.05, 3.63) is 60.3 Å². The molecule has 120 valence electrons. The molecule has 1 N–H and O–H groups in total. The second-order valence-electron chi connectivity index (χ2n) is 6.18. The smallest absolute Gasteiger partial charge is 0.354 e. The first-order chi connectivity index (χ1) is 11.6. The van der Waals surface area contributed by atoms with Crippen molar-refractivity contribution < 1.29 is 9.90 Å². The molecular weight excluding hydrogens is 302 g/mol. The molecule has 0 atom stereocenters. The fourth-order valence-electron chi connectivity index (χ4n) is 2.98. The van der Waals surface area contributed by atoms with E-state index in [4.69, 9.17) is 0 Å². The van der Waals surface area contributed by atoms with Crippen LogP contribution >= 0.6 is 0 Å². The molecule has 1 aromatic carbocycles. The van der Waals surface area contributed by atoms with Gasteiger partial charge >= 0.3 is 5.97 Å². The van der Waals surface area contributed by atoms with Gasteiger partial charge in [-0.15, -0.1) is 0 Å². The predicted octanol–water partition coefficient (Wildman–Crippen LogP) is 3.72. The van der Waals surface area contributed by atoms with Crippen molar-refractivity contribution in [1.29, 1.82) is 0 Å². The van der Waals surface area contributed by atoms with E-state index in [-0.39, 0.29) is 5.69 Å². The van der Waals surface area contributed by atoms with Crippen LogP contribution in [0.4, 0.5) is 0 Å². The second-order valence-corrected chi connectivity index (χ2v) is 6.18. The maximum atomic E-state index is 11.5. The van der Waals surface area contributed by atoms with Crippen LogP contribution in [0.2, 0.25) is 0 Å². The molecule has 0 spiro atoms. The van der Waals surface area contributed by atoms with Gasteiger partial charge in [0.2, 0.25) is 0 Å². The van der Waals surface area contributed by atoms with Crippen LogP contribution in [-0.4, -0.2) is 25.6 Å². The average molecular weight is 319 g/mol. The lowest BCUT2D eigenvalue weighted by atomic mass is 9.96. The van der Waals surface area contributed by atoms with Gasteiger partial charge in [-0.1, -0.05) is 24.3 Å². The van der Waals surface area contributed by atoms with Crippen molar-refractivity contribution in [2.45, 2.75) is 18.8 Å². The van der Waals surface area contributed by atoms with Crippen molar-refractivity contribution in [2.24, 2.45) is 7.05 Å². The number of benzene rings is 1. The number of carboxylic acids is 1. The predicted molar refractivity (Wildman–Crippen MR) is 90.8 cm³/mol. The highest BCUT2D eigenvalue weighted by Gasteiger charge is 2.27. The topological polar surface area (TPSA) is 68.0 Å². The van der Waals surface area contributed by atoms with Gasteiger partial charge in [-0.25, -0.2) is 14.8 Å². The van der Waals surface area contributed by atoms with Crippen LogP contribution in [0.15, 0.2) is 48.9 Å². The number of hydrogen-bond donors (Lipinski definition) is 1. The van der Waals surface area contributed by atoms with Gasteiger partial charge in [0, 0.05) is 24.2 Å². The molecular formula is C19H17N3O2. The van der Waals surface area contributed by atoms with Gasteiger partial charge in [-0.3, -0.25) is 0 Å². The largest absolute Gasteiger partial charge is 0.477 e. The van der Waals surface area contributed by atoms with Crippen molar-refractivity contribution in [3.63, 3.8) is 0 Å². The van der Waals surface area contributed by atoms with E-state index in [2.05, 4.69) is 9.97 Å². The number of aromatic nitrogens is 3. The molecule has 5 nitrogen and oxygen atoms in total. The summed E-state index contributed by atoms with van der Waals surface area (Å²) in [4.78, 5) is 20.0. The summed E-state index contributed by atoms with van der Waals surface area (Å²) in [5, 5.41) is 9.40. The van der Waals surface area contributed by atoms with Crippen LogP contribution in [0.5, 0.6) is 0 Å². The average Bonchev–Trinajstić information content (AvgIpc) is 3.36. The van der Waals surface area contributed by atoms with Crippen molar-refractivity contribution in [2.75, 3.05) is 0 Å². The van der Waals surface area contributed by atoms with E-state index in [0.29, 0.717) is 5.92 Å². The lowest BCUT2D eigenvalue weighted by Gasteiger charge is -2.12. The summed E-state index contributed by atoms with van der Waals surface area (Å²) in [7, 11) is 1.95. The molecule has 3 aromatic rings. The van der Waals surface area contributed by atoms with E-state index in [1.54, 1.807) is 12.4 Å². The molecule has 1 aliphatic carbocycles. The Morgan fingerprint density at radius 1 is 1.21 bits per heavy atom. The Morgan fingerprint density at radius 3 is 2.58 bits per heavy atom. The van der Waals surface area contributed by atoms with E-state index in [1.807, 2.05) is 48.1 Å². The fraction of sp³-hybridized carbons (Fsp3) is 0.211. The van der Waals surface area contributed by atoms with Crippen LogP contribution in [0.1, 0.15) is 34.9 Å². The quantitative estimate of drug-likeness (QED) is 0.795. The van der Waals surface area contributed by atoms with Gasteiger partial charge in [0.15, 0.2) is 0 Å². The molecule has 2 heterocycles. The Balaban J connectivity index is 1.91. The van der Waals surface area contributed by atoms with Gasteiger partial charge < -0.3 is 9.67 Å². The Labute approximate surface area is 139 Å². The summed E-state index contributed by atoms with van der Waals surface area (Å²) in [5.41, 5.74) is 4.89. The van der Waals surface area contributed by atoms with Crippen LogP contribution in [0.3, 0.4) is 0 Å². The summed E-state index contributed by atoms with van der Waals surface area (Å²) in [5.74, 6) is -0.594. The molecule has 0 radical (unpaired) electrons. The Hall–Kier alpha value is -2.95. The highest BCUT2D eigenvalue weighted by Crippen LogP contribution is 2.41. The number of carboxylic acid groups (broad SMARTS) is 1. The summed E-state index contributed by atoms with van der Waals surface area (Å²) < 4.78 is 1.96. The lowest BCUT2D eigenvalue weighted by Crippen LogP contribution is -2.03. The van der Waals surface area contributed by atoms with Crippen molar-refractivity contribution in [3.8, 4) is 22.4 Å². The minimum atomic E-state index is -0.989. The Bertz CT molecular complexity index is 926. The number of nitrogens with zero attached hydrogens (tertiary/aromatic N) is 3. The van der Waals surface area contributed by atoms with Crippen molar-refractivity contribution in [1.82, 2.24) is 14.5 Å². The third kappa shape index (κ3) is 2.58. The zero-order valence-corrected chi connectivity index (χ0v) is 13.3. The molecule has 1 saturated carbocycles. The van der Waals surface area contributed by atoms with Crippen LogP contribution in [0, 0.1) is 0 Å². The second kappa shape index (κ2) is 5.60. The van der Waals surface area contributed by atoms with E-state index in [9.17, 15) is 9.90 Å². The molecule has 5 heteroatoms. The maximum Gasteiger partial charge on any atom is 0.354 e. The minimum absolute atomic E-state index is 0.106. The first-order valence-electron chi connectivity index (χ1n) is 7.95. The highest BCUT2D eigenvalue weighted by atomic mass is 16.4.